The number of hydrazine groups is 2. The third-order valence-electron chi connectivity index (χ3n) is 1.70. The summed E-state index contributed by atoms with van der Waals surface area (Å²) in [7, 11) is 1.32. The monoisotopic (exact) mass is 202 g/mol. The number of ether oxygens (including phenoxy) is 2. The number of carbonyl (C=O) groups is 1. The molecule has 1 aliphatic rings. The van der Waals surface area contributed by atoms with Gasteiger partial charge < -0.3 is 9.47 Å². The number of methoxy groups -OCH3 is 1. The molecule has 0 saturated carbocycles. The standard InChI is InChI=1S/C7H14N4O3/c1-7(2,6(12)13-3)14-4-5-8-10-11-9-5/h10-11H,4H2,1-3H3,(H,8,9). The van der Waals surface area contributed by atoms with Crippen molar-refractivity contribution < 1.29 is 14.3 Å². The number of nitrogens with one attached hydrogen (secondary N) is 3. The first-order valence-electron chi connectivity index (χ1n) is 4.11. The normalized spacial score (nSPS) is 15.5. The number of hydrogen-bond acceptors (Lipinski definition) is 7. The molecule has 0 fully saturated rings. The number of amidine groups is 1. The summed E-state index contributed by atoms with van der Waals surface area (Å²) < 4.78 is 9.89. The first-order chi connectivity index (χ1) is 6.56. The van der Waals surface area contributed by atoms with Gasteiger partial charge in [0.05, 0.1) is 7.11 Å². The van der Waals surface area contributed by atoms with Crippen molar-refractivity contribution in [2.45, 2.75) is 19.4 Å². The fourth-order valence-electron chi connectivity index (χ4n) is 0.845. The fourth-order valence-corrected chi connectivity index (χ4v) is 0.845. The van der Waals surface area contributed by atoms with E-state index in [-0.39, 0.29) is 6.61 Å². The molecule has 0 aromatic carbocycles. The second kappa shape index (κ2) is 4.25. The van der Waals surface area contributed by atoms with E-state index in [1.165, 1.54) is 7.11 Å². The molecule has 80 valence electrons. The minimum atomic E-state index is -0.971. The predicted molar refractivity (Wildman–Crippen MR) is 48.9 cm³/mol. The highest BCUT2D eigenvalue weighted by Crippen LogP contribution is 2.10. The van der Waals surface area contributed by atoms with Gasteiger partial charge in [-0.05, 0) is 13.8 Å². The van der Waals surface area contributed by atoms with E-state index >= 15 is 0 Å². The number of carbonyl (C=O) groups excluding carboxylic acids is 1. The first kappa shape index (κ1) is 10.7. The van der Waals surface area contributed by atoms with Crippen LogP contribution in [0.2, 0.25) is 0 Å². The third-order valence-corrected chi connectivity index (χ3v) is 1.70. The van der Waals surface area contributed by atoms with Gasteiger partial charge in [-0.3, -0.25) is 5.43 Å². The zero-order valence-corrected chi connectivity index (χ0v) is 8.38. The summed E-state index contributed by atoms with van der Waals surface area (Å²) in [6, 6.07) is 0. The van der Waals surface area contributed by atoms with E-state index in [2.05, 4.69) is 26.3 Å². The SMILES string of the molecule is COC(=O)C(C)(C)OCC1=NNNN1. The van der Waals surface area contributed by atoms with Crippen LogP contribution in [0.4, 0.5) is 0 Å². The Morgan fingerprint density at radius 2 is 2.29 bits per heavy atom. The van der Waals surface area contributed by atoms with Crippen molar-refractivity contribution in [1.29, 1.82) is 0 Å². The average molecular weight is 202 g/mol. The zero-order valence-electron chi connectivity index (χ0n) is 8.38. The third kappa shape index (κ3) is 2.57. The number of esters is 1. The van der Waals surface area contributed by atoms with Crippen LogP contribution in [0.1, 0.15) is 13.8 Å². The molecule has 7 nitrogen and oxygen atoms in total. The molecule has 1 aliphatic heterocycles. The summed E-state index contributed by atoms with van der Waals surface area (Å²) in [5.74, 6) is 0.152. The van der Waals surface area contributed by atoms with E-state index in [4.69, 9.17) is 4.74 Å². The van der Waals surface area contributed by atoms with Crippen LogP contribution in [0.5, 0.6) is 0 Å². The zero-order chi connectivity index (χ0) is 10.6. The highest BCUT2D eigenvalue weighted by atomic mass is 16.6. The summed E-state index contributed by atoms with van der Waals surface area (Å²) >= 11 is 0. The smallest absolute Gasteiger partial charge is 0.337 e. The summed E-state index contributed by atoms with van der Waals surface area (Å²) in [6.07, 6.45) is 0. The Balaban J connectivity index is 2.39. The quantitative estimate of drug-likeness (QED) is 0.501. The van der Waals surface area contributed by atoms with E-state index in [1.54, 1.807) is 13.8 Å². The molecule has 14 heavy (non-hydrogen) atoms. The Morgan fingerprint density at radius 3 is 2.79 bits per heavy atom. The molecular formula is C7H14N4O3. The largest absolute Gasteiger partial charge is 0.467 e. The summed E-state index contributed by atoms with van der Waals surface area (Å²) in [5, 5.41) is 3.79. The highest BCUT2D eigenvalue weighted by molar-refractivity contribution is 5.84. The Morgan fingerprint density at radius 1 is 1.57 bits per heavy atom. The molecule has 0 aromatic heterocycles. The van der Waals surface area contributed by atoms with Gasteiger partial charge in [-0.15, -0.1) is 10.6 Å². The van der Waals surface area contributed by atoms with Gasteiger partial charge in [-0.1, -0.05) is 0 Å². The molecule has 1 rings (SSSR count). The van der Waals surface area contributed by atoms with Crippen LogP contribution in [-0.2, 0) is 14.3 Å². The maximum absolute atomic E-state index is 11.2. The van der Waals surface area contributed by atoms with E-state index in [0.717, 1.165) is 0 Å². The summed E-state index contributed by atoms with van der Waals surface area (Å²) in [5.41, 5.74) is 6.76. The van der Waals surface area contributed by atoms with Crippen molar-refractivity contribution in [3.8, 4) is 0 Å². The Labute approximate surface area is 81.8 Å². The molecule has 1 heterocycles. The Bertz CT molecular complexity index is 251. The van der Waals surface area contributed by atoms with Crippen LogP contribution in [0, 0.1) is 0 Å². The van der Waals surface area contributed by atoms with Crippen molar-refractivity contribution in [1.82, 2.24) is 16.5 Å². The molecule has 0 radical (unpaired) electrons. The van der Waals surface area contributed by atoms with E-state index in [0.29, 0.717) is 5.84 Å². The van der Waals surface area contributed by atoms with Crippen LogP contribution in [0.3, 0.4) is 0 Å². The van der Waals surface area contributed by atoms with Gasteiger partial charge in [0.25, 0.3) is 0 Å². The minimum Gasteiger partial charge on any atom is -0.467 e. The van der Waals surface area contributed by atoms with Gasteiger partial charge in [0.1, 0.15) is 6.61 Å². The van der Waals surface area contributed by atoms with Gasteiger partial charge in [0.15, 0.2) is 11.4 Å². The lowest BCUT2D eigenvalue weighted by molar-refractivity contribution is -0.163. The molecule has 0 spiro atoms. The van der Waals surface area contributed by atoms with Gasteiger partial charge in [0.2, 0.25) is 0 Å². The molecule has 3 N–H and O–H groups in total. The van der Waals surface area contributed by atoms with Gasteiger partial charge in [-0.25, -0.2) is 10.3 Å². The van der Waals surface area contributed by atoms with E-state index in [1.807, 2.05) is 0 Å². The van der Waals surface area contributed by atoms with Crippen LogP contribution in [0.25, 0.3) is 0 Å². The molecular weight excluding hydrogens is 188 g/mol. The Hall–Kier alpha value is -1.34. The van der Waals surface area contributed by atoms with Crippen LogP contribution in [0.15, 0.2) is 5.10 Å². The van der Waals surface area contributed by atoms with E-state index < -0.39 is 11.6 Å². The second-order valence-electron chi connectivity index (χ2n) is 3.21. The lowest BCUT2D eigenvalue weighted by Crippen LogP contribution is -2.41. The van der Waals surface area contributed by atoms with Gasteiger partial charge >= 0.3 is 5.97 Å². The molecule has 7 heteroatoms. The number of nitrogens with zero attached hydrogens (tertiary/aromatic N) is 1. The molecule has 0 saturated heterocycles. The highest BCUT2D eigenvalue weighted by Gasteiger charge is 2.30. The molecule has 0 aromatic rings. The lowest BCUT2D eigenvalue weighted by Gasteiger charge is -2.21. The van der Waals surface area contributed by atoms with Crippen LogP contribution < -0.4 is 16.5 Å². The first-order valence-corrected chi connectivity index (χ1v) is 4.11. The molecule has 0 amide bonds. The molecule has 0 unspecified atom stereocenters. The van der Waals surface area contributed by atoms with Crippen LogP contribution in [-0.4, -0.2) is 31.1 Å². The van der Waals surface area contributed by atoms with Crippen molar-refractivity contribution in [2.75, 3.05) is 13.7 Å². The number of hydrogen-bond donors (Lipinski definition) is 3. The second-order valence-corrected chi connectivity index (χ2v) is 3.21. The number of hydrazone groups is 1. The maximum atomic E-state index is 11.2. The van der Waals surface area contributed by atoms with Gasteiger partial charge in [0, 0.05) is 0 Å². The fraction of sp³-hybridized carbons (Fsp3) is 0.714. The average Bonchev–Trinajstić information content (AvgIpc) is 2.66. The van der Waals surface area contributed by atoms with Crippen molar-refractivity contribution in [3.63, 3.8) is 0 Å². The molecule has 0 bridgehead atoms. The van der Waals surface area contributed by atoms with Crippen molar-refractivity contribution >= 4 is 11.8 Å². The maximum Gasteiger partial charge on any atom is 0.337 e. The van der Waals surface area contributed by atoms with Crippen molar-refractivity contribution in [2.24, 2.45) is 5.10 Å². The van der Waals surface area contributed by atoms with Gasteiger partial charge in [-0.2, -0.15) is 0 Å². The van der Waals surface area contributed by atoms with Crippen LogP contribution >= 0.6 is 0 Å². The minimum absolute atomic E-state index is 0.197. The molecule has 0 atom stereocenters. The molecule has 0 aliphatic carbocycles. The topological polar surface area (TPSA) is 84.0 Å². The van der Waals surface area contributed by atoms with Crippen molar-refractivity contribution in [3.05, 3.63) is 0 Å². The Kier molecular flexibility index (Phi) is 3.26. The summed E-state index contributed by atoms with van der Waals surface area (Å²) in [6.45, 7) is 3.46. The number of rotatable bonds is 4. The summed E-state index contributed by atoms with van der Waals surface area (Å²) in [4.78, 5) is 11.2. The predicted octanol–water partition coefficient (Wildman–Crippen LogP) is -1.12. The van der Waals surface area contributed by atoms with E-state index in [9.17, 15) is 4.79 Å². The lowest BCUT2D eigenvalue weighted by atomic mass is 10.1.